The summed E-state index contributed by atoms with van der Waals surface area (Å²) in [5.41, 5.74) is -0.925. The van der Waals surface area contributed by atoms with E-state index in [9.17, 15) is 35.2 Å². The van der Waals surface area contributed by atoms with Crippen molar-refractivity contribution >= 4 is 15.8 Å². The van der Waals surface area contributed by atoms with Gasteiger partial charge in [0.25, 0.3) is 0 Å². The summed E-state index contributed by atoms with van der Waals surface area (Å²) in [5.74, 6) is -7.97. The van der Waals surface area contributed by atoms with Crippen LogP contribution in [0.25, 0.3) is 0 Å². The summed E-state index contributed by atoms with van der Waals surface area (Å²) >= 11 is 0. The van der Waals surface area contributed by atoms with Crippen molar-refractivity contribution in [2.45, 2.75) is 30.8 Å². The van der Waals surface area contributed by atoms with E-state index in [4.69, 9.17) is 0 Å². The average Bonchev–Trinajstić information content (AvgIpc) is 2.46. The molecule has 0 radical (unpaired) electrons. The molecule has 0 aliphatic heterocycles. The Kier molecular flexibility index (Phi) is 5.53. The molecule has 0 fully saturated rings. The highest BCUT2D eigenvalue weighted by Crippen LogP contribution is 2.38. The highest BCUT2D eigenvalue weighted by atomic mass is 32.2. The summed E-state index contributed by atoms with van der Waals surface area (Å²) < 4.78 is 87.8. The van der Waals surface area contributed by atoms with Crippen molar-refractivity contribution < 1.29 is 35.2 Å². The number of carbonyl (C=O) groups is 1. The van der Waals surface area contributed by atoms with Gasteiger partial charge in [0, 0.05) is 18.7 Å². The van der Waals surface area contributed by atoms with Crippen LogP contribution >= 0.6 is 0 Å². The Balaban J connectivity index is 3.18. The maximum Gasteiger partial charge on any atom is 0.461 e. The molecule has 23 heavy (non-hydrogen) atoms. The molecule has 0 saturated heterocycles. The number of nitrogens with zero attached hydrogens (tertiary/aromatic N) is 1. The number of ketones is 1. The van der Waals surface area contributed by atoms with Crippen molar-refractivity contribution in [1.82, 2.24) is 4.31 Å². The first kappa shape index (κ1) is 19.5. The minimum absolute atomic E-state index is 0.158. The van der Waals surface area contributed by atoms with Crippen LogP contribution < -0.4 is 0 Å². The molecule has 1 aromatic rings. The second kappa shape index (κ2) is 6.52. The second-order valence-electron chi connectivity index (χ2n) is 4.51. The fourth-order valence-corrected chi connectivity index (χ4v) is 3.26. The summed E-state index contributed by atoms with van der Waals surface area (Å²) in [6.07, 6.45) is -6.02. The van der Waals surface area contributed by atoms with Gasteiger partial charge in [0.1, 0.15) is 0 Å². The van der Waals surface area contributed by atoms with Crippen LogP contribution in [0, 0.1) is 0 Å². The molecule has 0 unspecified atom stereocenters. The van der Waals surface area contributed by atoms with Crippen molar-refractivity contribution in [2.24, 2.45) is 0 Å². The van der Waals surface area contributed by atoms with E-state index in [0.29, 0.717) is 12.1 Å². The Hall–Kier alpha value is -1.55. The van der Waals surface area contributed by atoms with Crippen LogP contribution in [0.5, 0.6) is 0 Å². The van der Waals surface area contributed by atoms with E-state index in [-0.39, 0.29) is 18.0 Å². The minimum atomic E-state index is -6.02. The van der Waals surface area contributed by atoms with Gasteiger partial charge in [-0.25, -0.2) is 8.42 Å². The predicted octanol–water partition coefficient (Wildman–Crippen LogP) is 3.10. The standard InChI is InChI=1S/C13H14F5NO3S/c1-3-19(4-2)23(21,22)10-7-5-9(6-8-10)11(20)12(14,15)13(16,17)18/h5-8H,3-4H2,1-2H3. The number of carbonyl (C=O) groups excluding carboxylic acids is 1. The van der Waals surface area contributed by atoms with Gasteiger partial charge < -0.3 is 0 Å². The number of halogens is 5. The lowest BCUT2D eigenvalue weighted by molar-refractivity contribution is -0.255. The Labute approximate surface area is 129 Å². The fourth-order valence-electron chi connectivity index (χ4n) is 1.80. The molecular formula is C13H14F5NO3S. The van der Waals surface area contributed by atoms with Gasteiger partial charge >= 0.3 is 12.1 Å². The number of rotatable bonds is 6. The van der Waals surface area contributed by atoms with Gasteiger partial charge in [-0.15, -0.1) is 0 Å². The molecule has 0 heterocycles. The molecule has 0 aliphatic carbocycles. The Bertz CT molecular complexity index is 664. The van der Waals surface area contributed by atoms with Gasteiger partial charge in [-0.05, 0) is 24.3 Å². The number of hydrogen-bond acceptors (Lipinski definition) is 3. The third-order valence-electron chi connectivity index (χ3n) is 3.10. The van der Waals surface area contributed by atoms with E-state index in [2.05, 4.69) is 0 Å². The Morgan fingerprint density at radius 1 is 1.00 bits per heavy atom. The molecular weight excluding hydrogens is 345 g/mol. The molecule has 0 aromatic heterocycles. The molecule has 1 aromatic carbocycles. The normalized spacial score (nSPS) is 13.4. The van der Waals surface area contributed by atoms with Crippen molar-refractivity contribution in [3.63, 3.8) is 0 Å². The van der Waals surface area contributed by atoms with Crippen molar-refractivity contribution in [1.29, 1.82) is 0 Å². The molecule has 4 nitrogen and oxygen atoms in total. The molecule has 0 amide bonds. The van der Waals surface area contributed by atoms with Crippen LogP contribution in [0.4, 0.5) is 22.0 Å². The topological polar surface area (TPSA) is 54.5 Å². The van der Waals surface area contributed by atoms with Crippen molar-refractivity contribution in [3.05, 3.63) is 29.8 Å². The maximum absolute atomic E-state index is 13.0. The zero-order valence-corrected chi connectivity index (χ0v) is 13.0. The number of alkyl halides is 5. The van der Waals surface area contributed by atoms with E-state index >= 15 is 0 Å². The zero-order chi connectivity index (χ0) is 18.1. The van der Waals surface area contributed by atoms with Crippen molar-refractivity contribution in [3.8, 4) is 0 Å². The van der Waals surface area contributed by atoms with Gasteiger partial charge in [-0.2, -0.15) is 26.3 Å². The third kappa shape index (κ3) is 3.69. The smallest absolute Gasteiger partial charge is 0.287 e. The highest BCUT2D eigenvalue weighted by molar-refractivity contribution is 7.89. The first-order chi connectivity index (χ1) is 10.4. The maximum atomic E-state index is 13.0. The fraction of sp³-hybridized carbons (Fsp3) is 0.462. The number of Topliss-reactive ketones (excluding diaryl/α,β-unsaturated/α-hetero) is 1. The Morgan fingerprint density at radius 3 is 1.78 bits per heavy atom. The Morgan fingerprint density at radius 2 is 1.43 bits per heavy atom. The van der Waals surface area contributed by atoms with E-state index in [1.165, 1.54) is 0 Å². The van der Waals surface area contributed by atoms with E-state index < -0.39 is 33.5 Å². The molecule has 0 aliphatic rings. The molecule has 0 saturated carbocycles. The summed E-state index contributed by atoms with van der Waals surface area (Å²) in [4.78, 5) is 11.0. The van der Waals surface area contributed by atoms with Gasteiger partial charge in [-0.3, -0.25) is 4.79 Å². The molecule has 0 bridgehead atoms. The van der Waals surface area contributed by atoms with Crippen LogP contribution in [0.2, 0.25) is 0 Å². The second-order valence-corrected chi connectivity index (χ2v) is 6.45. The lowest BCUT2D eigenvalue weighted by atomic mass is 10.1. The van der Waals surface area contributed by atoms with Crippen molar-refractivity contribution in [2.75, 3.05) is 13.1 Å². The average molecular weight is 359 g/mol. The predicted molar refractivity (Wildman–Crippen MR) is 71.9 cm³/mol. The van der Waals surface area contributed by atoms with E-state index in [0.717, 1.165) is 16.4 Å². The SMILES string of the molecule is CCN(CC)S(=O)(=O)c1ccc(C(=O)C(F)(F)C(F)(F)F)cc1. The first-order valence-corrected chi connectivity index (χ1v) is 7.93. The summed E-state index contributed by atoms with van der Waals surface area (Å²) in [6, 6.07) is 2.93. The molecule has 0 spiro atoms. The third-order valence-corrected chi connectivity index (χ3v) is 5.17. The van der Waals surface area contributed by atoms with Crippen LogP contribution in [0.1, 0.15) is 24.2 Å². The number of benzene rings is 1. The largest absolute Gasteiger partial charge is 0.461 e. The van der Waals surface area contributed by atoms with E-state index in [1.807, 2.05) is 0 Å². The monoisotopic (exact) mass is 359 g/mol. The van der Waals surface area contributed by atoms with Crippen LogP contribution in [-0.4, -0.2) is 43.7 Å². The van der Waals surface area contributed by atoms with E-state index in [1.54, 1.807) is 13.8 Å². The molecule has 1 rings (SSSR count). The highest BCUT2D eigenvalue weighted by Gasteiger charge is 2.63. The van der Waals surface area contributed by atoms with Gasteiger partial charge in [0.15, 0.2) is 0 Å². The molecule has 0 N–H and O–H groups in total. The van der Waals surface area contributed by atoms with Gasteiger partial charge in [-0.1, -0.05) is 13.8 Å². The quantitative estimate of drug-likeness (QED) is 0.579. The molecule has 130 valence electrons. The minimum Gasteiger partial charge on any atom is -0.287 e. The summed E-state index contributed by atoms with van der Waals surface area (Å²) in [5, 5.41) is 0. The lowest BCUT2D eigenvalue weighted by Crippen LogP contribution is -2.44. The van der Waals surface area contributed by atoms with Gasteiger partial charge in [0.2, 0.25) is 15.8 Å². The number of sulfonamides is 1. The van der Waals surface area contributed by atoms with Crippen LogP contribution in [0.15, 0.2) is 29.2 Å². The first-order valence-electron chi connectivity index (χ1n) is 6.49. The summed E-state index contributed by atoms with van der Waals surface area (Å²) in [7, 11) is -3.90. The van der Waals surface area contributed by atoms with Crippen LogP contribution in [0.3, 0.4) is 0 Å². The number of hydrogen-bond donors (Lipinski definition) is 0. The van der Waals surface area contributed by atoms with Gasteiger partial charge in [0.05, 0.1) is 4.90 Å². The summed E-state index contributed by atoms with van der Waals surface area (Å²) in [6.45, 7) is 3.49. The molecule has 10 heteroatoms. The lowest BCUT2D eigenvalue weighted by Gasteiger charge is -2.19. The van der Waals surface area contributed by atoms with Crippen LogP contribution in [-0.2, 0) is 10.0 Å². The molecule has 0 atom stereocenters. The zero-order valence-electron chi connectivity index (χ0n) is 12.2.